The molecule has 0 aromatic carbocycles. The van der Waals surface area contributed by atoms with E-state index >= 15 is 0 Å². The van der Waals surface area contributed by atoms with Gasteiger partial charge in [-0.25, -0.2) is 0 Å². The zero-order valence-corrected chi connectivity index (χ0v) is 17.3. The third kappa shape index (κ3) is 2.37. The van der Waals surface area contributed by atoms with E-state index in [1.54, 1.807) is 0 Å². The van der Waals surface area contributed by atoms with Crippen LogP contribution in [0.1, 0.15) is 50.8 Å². The van der Waals surface area contributed by atoms with E-state index in [1.165, 1.54) is 44.9 Å². The maximum absolute atomic E-state index is 13.1. The van der Waals surface area contributed by atoms with Crippen LogP contribution >= 0.6 is 0 Å². The Morgan fingerprint density at radius 1 is 1.07 bits per heavy atom. The maximum Gasteiger partial charge on any atom is 0.324 e. The van der Waals surface area contributed by atoms with E-state index in [0.29, 0.717) is 47.3 Å². The van der Waals surface area contributed by atoms with Gasteiger partial charge < -0.3 is 14.3 Å². The quantitative estimate of drug-likeness (QED) is 0.778. The first-order chi connectivity index (χ1) is 14.1. The van der Waals surface area contributed by atoms with Gasteiger partial charge >= 0.3 is 6.01 Å². The Balaban J connectivity index is 0.983. The molecule has 1 spiro atoms. The first-order valence-corrected chi connectivity index (χ1v) is 11.7. The smallest absolute Gasteiger partial charge is 0.324 e. The number of amides is 1. The molecule has 3 aliphatic heterocycles. The van der Waals surface area contributed by atoms with Gasteiger partial charge in [0.15, 0.2) is 5.82 Å². The average Bonchev–Trinajstić information content (AvgIpc) is 2.98. The summed E-state index contributed by atoms with van der Waals surface area (Å²) in [5.41, 5.74) is 0.312. The van der Waals surface area contributed by atoms with Crippen LogP contribution in [0.2, 0.25) is 0 Å². The van der Waals surface area contributed by atoms with Crippen LogP contribution in [-0.2, 0) is 4.79 Å². The average molecular weight is 398 g/mol. The second-order valence-corrected chi connectivity index (χ2v) is 10.8. The fourth-order valence-corrected chi connectivity index (χ4v) is 7.53. The molecule has 156 valence electrons. The van der Waals surface area contributed by atoms with E-state index in [1.807, 2.05) is 6.92 Å². The predicted molar refractivity (Wildman–Crippen MR) is 106 cm³/mol. The first-order valence-electron chi connectivity index (χ1n) is 11.7. The molecule has 7 heteroatoms. The fraction of sp³-hybridized carbons (Fsp3) is 0.864. The number of fused-ring (bicyclic) bond motifs is 3. The number of carbonyl (C=O) groups excluding carboxylic acids is 1. The van der Waals surface area contributed by atoms with Crippen molar-refractivity contribution in [3.8, 4) is 0 Å². The molecule has 6 atom stereocenters. The van der Waals surface area contributed by atoms with Gasteiger partial charge in [0.05, 0.1) is 0 Å². The Labute approximate surface area is 171 Å². The van der Waals surface area contributed by atoms with Gasteiger partial charge in [0.25, 0.3) is 0 Å². The summed E-state index contributed by atoms with van der Waals surface area (Å²) >= 11 is 0. The van der Waals surface area contributed by atoms with Gasteiger partial charge in [-0.1, -0.05) is 5.16 Å². The van der Waals surface area contributed by atoms with Crippen molar-refractivity contribution in [2.75, 3.05) is 31.1 Å². The molecule has 4 unspecified atom stereocenters. The number of anilines is 1. The molecule has 3 aliphatic carbocycles. The zero-order valence-electron chi connectivity index (χ0n) is 17.3. The molecule has 29 heavy (non-hydrogen) atoms. The SMILES string of the molecule is Cc1noc(N2CC3CC(N4C[C@@H]5C(C(=O)N6CCC67CCC7)[C@@H]5C4)CC2C3)n1. The first kappa shape index (κ1) is 17.1. The Morgan fingerprint density at radius 3 is 2.48 bits per heavy atom. The molecule has 7 nitrogen and oxygen atoms in total. The summed E-state index contributed by atoms with van der Waals surface area (Å²) < 4.78 is 5.46. The van der Waals surface area contributed by atoms with Crippen molar-refractivity contribution in [3.63, 3.8) is 0 Å². The number of hydrogen-bond acceptors (Lipinski definition) is 6. The van der Waals surface area contributed by atoms with E-state index < -0.39 is 0 Å². The molecule has 2 bridgehead atoms. The van der Waals surface area contributed by atoms with Crippen molar-refractivity contribution >= 4 is 11.9 Å². The summed E-state index contributed by atoms with van der Waals surface area (Å²) in [5, 5.41) is 3.98. The van der Waals surface area contributed by atoms with Gasteiger partial charge in [0.1, 0.15) is 0 Å². The predicted octanol–water partition coefficient (Wildman–Crippen LogP) is 2.07. The van der Waals surface area contributed by atoms with E-state index in [4.69, 9.17) is 4.52 Å². The number of rotatable bonds is 3. The minimum Gasteiger partial charge on any atom is -0.337 e. The number of piperidine rings is 1. The molecule has 1 aromatic rings. The van der Waals surface area contributed by atoms with Crippen LogP contribution < -0.4 is 4.90 Å². The second kappa shape index (κ2) is 5.74. The molecule has 6 fully saturated rings. The Bertz CT molecular complexity index is 833. The van der Waals surface area contributed by atoms with Crippen LogP contribution in [0, 0.1) is 30.6 Å². The van der Waals surface area contributed by atoms with Crippen LogP contribution in [0.3, 0.4) is 0 Å². The van der Waals surface area contributed by atoms with Crippen molar-refractivity contribution in [2.24, 2.45) is 23.7 Å². The summed E-state index contributed by atoms with van der Waals surface area (Å²) in [7, 11) is 0. The maximum atomic E-state index is 13.1. The van der Waals surface area contributed by atoms with Crippen molar-refractivity contribution in [1.82, 2.24) is 19.9 Å². The molecular weight excluding hydrogens is 366 g/mol. The molecule has 6 aliphatic rings. The second-order valence-electron chi connectivity index (χ2n) is 10.8. The van der Waals surface area contributed by atoms with Gasteiger partial charge in [-0.2, -0.15) is 4.98 Å². The number of likely N-dealkylation sites (tertiary alicyclic amines) is 2. The molecule has 1 amide bonds. The highest BCUT2D eigenvalue weighted by molar-refractivity contribution is 5.84. The van der Waals surface area contributed by atoms with Crippen molar-refractivity contribution in [2.45, 2.75) is 69.5 Å². The van der Waals surface area contributed by atoms with Crippen molar-refractivity contribution in [1.29, 1.82) is 0 Å². The molecule has 0 radical (unpaired) electrons. The molecule has 1 aromatic heterocycles. The van der Waals surface area contributed by atoms with E-state index in [2.05, 4.69) is 24.8 Å². The molecule has 3 saturated carbocycles. The number of aromatic nitrogens is 2. The van der Waals surface area contributed by atoms with Crippen molar-refractivity contribution < 1.29 is 9.32 Å². The standard InChI is InChI=1S/C22H31N5O2/c1-13-23-21(29-24-13)26-10-14-7-15(9-16(26)8-14)25-11-17-18(12-25)19(17)20(28)27-6-5-22(27)3-2-4-22/h14-19H,2-12H2,1H3/t14?,15?,16?,17-,18+,19?. The lowest BCUT2D eigenvalue weighted by atomic mass is 9.67. The number of hydrogen-bond donors (Lipinski definition) is 0. The largest absolute Gasteiger partial charge is 0.337 e. The monoisotopic (exact) mass is 397 g/mol. The Kier molecular flexibility index (Phi) is 3.38. The zero-order chi connectivity index (χ0) is 19.3. The van der Waals surface area contributed by atoms with Crippen LogP contribution in [0.15, 0.2) is 4.52 Å². The van der Waals surface area contributed by atoms with Gasteiger partial charge in [-0.3, -0.25) is 9.69 Å². The van der Waals surface area contributed by atoms with Crippen LogP contribution in [0.4, 0.5) is 6.01 Å². The van der Waals surface area contributed by atoms with E-state index in [-0.39, 0.29) is 0 Å². The summed E-state index contributed by atoms with van der Waals surface area (Å²) in [6.45, 7) is 6.26. The highest BCUT2D eigenvalue weighted by atomic mass is 16.5. The molecule has 4 heterocycles. The molecule has 3 saturated heterocycles. The summed E-state index contributed by atoms with van der Waals surface area (Å²) in [5.74, 6) is 3.58. The molecule has 7 rings (SSSR count). The van der Waals surface area contributed by atoms with Gasteiger partial charge in [-0.15, -0.1) is 0 Å². The number of aryl methyl sites for hydroxylation is 1. The van der Waals surface area contributed by atoms with Crippen LogP contribution in [0.5, 0.6) is 0 Å². The van der Waals surface area contributed by atoms with E-state index in [0.717, 1.165) is 37.9 Å². The summed E-state index contributed by atoms with van der Waals surface area (Å²) in [4.78, 5) is 24.9. The minimum absolute atomic E-state index is 0.312. The summed E-state index contributed by atoms with van der Waals surface area (Å²) in [6, 6.07) is 1.91. The molecular formula is C22H31N5O2. The lowest BCUT2D eigenvalue weighted by Crippen LogP contribution is -2.66. The minimum atomic E-state index is 0.312. The highest BCUT2D eigenvalue weighted by Gasteiger charge is 2.64. The van der Waals surface area contributed by atoms with Crippen LogP contribution in [-0.4, -0.2) is 69.6 Å². The van der Waals surface area contributed by atoms with Gasteiger partial charge in [-0.05, 0) is 69.6 Å². The van der Waals surface area contributed by atoms with Gasteiger partial charge in [0, 0.05) is 49.7 Å². The molecule has 0 N–H and O–H groups in total. The van der Waals surface area contributed by atoms with E-state index in [9.17, 15) is 4.79 Å². The topological polar surface area (TPSA) is 65.7 Å². The van der Waals surface area contributed by atoms with Crippen LogP contribution in [0.25, 0.3) is 0 Å². The third-order valence-electron chi connectivity index (χ3n) is 9.36. The number of nitrogens with zero attached hydrogens (tertiary/aromatic N) is 5. The third-order valence-corrected chi connectivity index (χ3v) is 9.36. The fourth-order valence-electron chi connectivity index (χ4n) is 7.53. The Morgan fingerprint density at radius 2 is 1.86 bits per heavy atom. The van der Waals surface area contributed by atoms with Crippen molar-refractivity contribution in [3.05, 3.63) is 5.82 Å². The summed E-state index contributed by atoms with van der Waals surface area (Å²) in [6.07, 6.45) is 8.84. The normalized spacial score (nSPS) is 42.0. The number of carbonyl (C=O) groups is 1. The highest BCUT2D eigenvalue weighted by Crippen LogP contribution is 2.57. The Hall–Kier alpha value is -1.63. The lowest BCUT2D eigenvalue weighted by Gasteiger charge is -2.59. The van der Waals surface area contributed by atoms with Gasteiger partial charge in [0.2, 0.25) is 5.91 Å². The lowest BCUT2D eigenvalue weighted by molar-refractivity contribution is -0.158.